The molecule has 2 aliphatic rings. The summed E-state index contributed by atoms with van der Waals surface area (Å²) in [5.41, 5.74) is 0. The lowest BCUT2D eigenvalue weighted by Gasteiger charge is -2.24. The molecule has 0 aliphatic heterocycles. The lowest BCUT2D eigenvalue weighted by atomic mass is 9.85. The van der Waals surface area contributed by atoms with Crippen LogP contribution < -0.4 is 16.0 Å². The Morgan fingerprint density at radius 2 is 1.90 bits per heavy atom. The molecular weight excluding hydrogens is 252 g/mol. The van der Waals surface area contributed by atoms with Crippen molar-refractivity contribution in [2.24, 2.45) is 10.9 Å². The molecule has 0 aromatic carbocycles. The first kappa shape index (κ1) is 14.9. The number of rotatable bonds is 6. The highest BCUT2D eigenvalue weighted by Gasteiger charge is 2.24. The van der Waals surface area contributed by atoms with Crippen LogP contribution >= 0.6 is 0 Å². The van der Waals surface area contributed by atoms with Crippen molar-refractivity contribution in [3.8, 4) is 0 Å². The van der Waals surface area contributed by atoms with Crippen molar-refractivity contribution >= 4 is 11.9 Å². The van der Waals surface area contributed by atoms with Gasteiger partial charge in [0, 0.05) is 32.1 Å². The third kappa shape index (κ3) is 4.54. The molecule has 5 nitrogen and oxygen atoms in total. The second-order valence-electron chi connectivity index (χ2n) is 5.56. The molecule has 0 radical (unpaired) electrons. The van der Waals surface area contributed by atoms with Gasteiger partial charge in [0.2, 0.25) is 5.91 Å². The Morgan fingerprint density at radius 3 is 2.50 bits per heavy atom. The molecule has 0 spiro atoms. The minimum absolute atomic E-state index is 0.232. The summed E-state index contributed by atoms with van der Waals surface area (Å²) in [6.07, 6.45) is 10.8. The Balaban J connectivity index is 1.51. The van der Waals surface area contributed by atoms with Crippen molar-refractivity contribution in [3.05, 3.63) is 12.2 Å². The summed E-state index contributed by atoms with van der Waals surface area (Å²) in [5, 5.41) is 9.68. The van der Waals surface area contributed by atoms with Gasteiger partial charge in [-0.05, 0) is 32.1 Å². The van der Waals surface area contributed by atoms with Gasteiger partial charge in [-0.15, -0.1) is 0 Å². The Kier molecular flexibility index (Phi) is 5.89. The zero-order valence-corrected chi connectivity index (χ0v) is 12.3. The third-order valence-corrected chi connectivity index (χ3v) is 3.99. The van der Waals surface area contributed by atoms with E-state index >= 15 is 0 Å². The largest absolute Gasteiger partial charge is 0.356 e. The van der Waals surface area contributed by atoms with Crippen LogP contribution in [-0.4, -0.2) is 38.0 Å². The van der Waals surface area contributed by atoms with Gasteiger partial charge in [-0.25, -0.2) is 0 Å². The molecule has 0 aromatic rings. The molecule has 0 atom stereocenters. The first-order valence-corrected chi connectivity index (χ1v) is 7.69. The number of guanidine groups is 1. The average molecular weight is 278 g/mol. The highest BCUT2D eigenvalue weighted by molar-refractivity contribution is 5.80. The zero-order valence-electron chi connectivity index (χ0n) is 12.3. The number of hydrogen-bond acceptors (Lipinski definition) is 2. The molecule has 3 N–H and O–H groups in total. The van der Waals surface area contributed by atoms with Crippen LogP contribution in [0.1, 0.15) is 38.5 Å². The lowest BCUT2D eigenvalue weighted by Crippen LogP contribution is -2.43. The Labute approximate surface area is 121 Å². The summed E-state index contributed by atoms with van der Waals surface area (Å²) in [6, 6.07) is 0.472. The Hall–Kier alpha value is -1.52. The van der Waals surface area contributed by atoms with Crippen LogP contribution in [0.2, 0.25) is 0 Å². The van der Waals surface area contributed by atoms with Crippen molar-refractivity contribution in [1.29, 1.82) is 0 Å². The first-order chi connectivity index (χ1) is 9.79. The lowest BCUT2D eigenvalue weighted by molar-refractivity contribution is -0.127. The van der Waals surface area contributed by atoms with E-state index in [9.17, 15) is 4.79 Å². The SMILES string of the molecule is CN=C(NCCCNC(=O)C1CCC1)NC1CC=CC1. The van der Waals surface area contributed by atoms with Gasteiger partial charge in [-0.2, -0.15) is 0 Å². The van der Waals surface area contributed by atoms with Crippen LogP contribution in [0.3, 0.4) is 0 Å². The van der Waals surface area contributed by atoms with Crippen LogP contribution in [0.5, 0.6) is 0 Å². The molecule has 2 aliphatic carbocycles. The fourth-order valence-corrected chi connectivity index (χ4v) is 2.44. The summed E-state index contributed by atoms with van der Waals surface area (Å²) in [7, 11) is 1.79. The van der Waals surface area contributed by atoms with Gasteiger partial charge in [0.05, 0.1) is 0 Å². The molecule has 5 heteroatoms. The van der Waals surface area contributed by atoms with E-state index in [4.69, 9.17) is 0 Å². The average Bonchev–Trinajstić information content (AvgIpc) is 2.87. The monoisotopic (exact) mass is 278 g/mol. The van der Waals surface area contributed by atoms with E-state index < -0.39 is 0 Å². The number of nitrogens with zero attached hydrogens (tertiary/aromatic N) is 1. The molecule has 1 amide bonds. The number of aliphatic imine (C=N–C) groups is 1. The molecule has 2 rings (SSSR count). The number of hydrogen-bond donors (Lipinski definition) is 3. The van der Waals surface area contributed by atoms with E-state index in [-0.39, 0.29) is 11.8 Å². The van der Waals surface area contributed by atoms with E-state index in [1.165, 1.54) is 6.42 Å². The van der Waals surface area contributed by atoms with Gasteiger partial charge in [-0.3, -0.25) is 9.79 Å². The Morgan fingerprint density at radius 1 is 1.20 bits per heavy atom. The molecule has 0 saturated heterocycles. The van der Waals surface area contributed by atoms with E-state index in [1.807, 2.05) is 0 Å². The number of amides is 1. The Bertz CT molecular complexity index is 366. The molecule has 20 heavy (non-hydrogen) atoms. The van der Waals surface area contributed by atoms with Crippen LogP contribution in [0.4, 0.5) is 0 Å². The maximum atomic E-state index is 11.6. The fourth-order valence-electron chi connectivity index (χ4n) is 2.44. The number of carbonyl (C=O) groups is 1. The normalized spacial score (nSPS) is 19.8. The van der Waals surface area contributed by atoms with Crippen molar-refractivity contribution in [2.45, 2.75) is 44.6 Å². The fraction of sp³-hybridized carbons (Fsp3) is 0.733. The van der Waals surface area contributed by atoms with Gasteiger partial charge >= 0.3 is 0 Å². The zero-order chi connectivity index (χ0) is 14.2. The second-order valence-corrected chi connectivity index (χ2v) is 5.56. The molecule has 0 heterocycles. The first-order valence-electron chi connectivity index (χ1n) is 7.69. The van der Waals surface area contributed by atoms with Crippen LogP contribution in [-0.2, 0) is 4.79 Å². The summed E-state index contributed by atoms with van der Waals surface area (Å²) < 4.78 is 0. The van der Waals surface area contributed by atoms with Gasteiger partial charge in [-0.1, -0.05) is 18.6 Å². The predicted molar refractivity (Wildman–Crippen MR) is 81.6 cm³/mol. The van der Waals surface area contributed by atoms with Gasteiger partial charge < -0.3 is 16.0 Å². The third-order valence-electron chi connectivity index (χ3n) is 3.99. The molecular formula is C15H26N4O. The van der Waals surface area contributed by atoms with E-state index in [0.29, 0.717) is 6.04 Å². The van der Waals surface area contributed by atoms with Crippen molar-refractivity contribution < 1.29 is 4.79 Å². The second kappa shape index (κ2) is 7.92. The maximum absolute atomic E-state index is 11.6. The van der Waals surface area contributed by atoms with Crippen LogP contribution in [0.15, 0.2) is 17.1 Å². The minimum Gasteiger partial charge on any atom is -0.356 e. The summed E-state index contributed by atoms with van der Waals surface area (Å²) in [5.74, 6) is 1.37. The van der Waals surface area contributed by atoms with Crippen molar-refractivity contribution in [1.82, 2.24) is 16.0 Å². The number of nitrogens with one attached hydrogen (secondary N) is 3. The van der Waals surface area contributed by atoms with Crippen molar-refractivity contribution in [3.63, 3.8) is 0 Å². The van der Waals surface area contributed by atoms with Crippen LogP contribution in [0, 0.1) is 5.92 Å². The number of carbonyl (C=O) groups excluding carboxylic acids is 1. The predicted octanol–water partition coefficient (Wildman–Crippen LogP) is 1.18. The van der Waals surface area contributed by atoms with Gasteiger partial charge in [0.1, 0.15) is 0 Å². The van der Waals surface area contributed by atoms with Crippen molar-refractivity contribution in [2.75, 3.05) is 20.1 Å². The van der Waals surface area contributed by atoms with Crippen LogP contribution in [0.25, 0.3) is 0 Å². The molecule has 0 unspecified atom stereocenters. The van der Waals surface area contributed by atoms with E-state index in [1.54, 1.807) is 7.05 Å². The summed E-state index contributed by atoms with van der Waals surface area (Å²) in [6.45, 7) is 1.56. The molecule has 112 valence electrons. The topological polar surface area (TPSA) is 65.5 Å². The van der Waals surface area contributed by atoms with Gasteiger partial charge in [0.25, 0.3) is 0 Å². The smallest absolute Gasteiger partial charge is 0.223 e. The van der Waals surface area contributed by atoms with E-state index in [0.717, 1.165) is 51.2 Å². The molecule has 0 aromatic heterocycles. The standard InChI is InChI=1S/C15H26N4O/c1-16-15(19-13-8-2-3-9-13)18-11-5-10-17-14(20)12-6-4-7-12/h2-3,12-13H,4-11H2,1H3,(H,17,20)(H2,16,18,19). The molecule has 0 bridgehead atoms. The quantitative estimate of drug-likeness (QED) is 0.296. The van der Waals surface area contributed by atoms with E-state index in [2.05, 4.69) is 33.1 Å². The van der Waals surface area contributed by atoms with Gasteiger partial charge in [0.15, 0.2) is 5.96 Å². The highest BCUT2D eigenvalue weighted by atomic mass is 16.1. The molecule has 1 fully saturated rings. The minimum atomic E-state index is 0.232. The molecule has 1 saturated carbocycles. The maximum Gasteiger partial charge on any atom is 0.223 e. The summed E-state index contributed by atoms with van der Waals surface area (Å²) >= 11 is 0. The summed E-state index contributed by atoms with van der Waals surface area (Å²) in [4.78, 5) is 15.8. The highest BCUT2D eigenvalue weighted by Crippen LogP contribution is 2.25.